The molecule has 1 heterocycles. The lowest BCUT2D eigenvalue weighted by molar-refractivity contribution is 0.210. The average molecular weight is 293 g/mol. The summed E-state index contributed by atoms with van der Waals surface area (Å²) in [6.45, 7) is 10.5. The van der Waals surface area contributed by atoms with Gasteiger partial charge < -0.3 is 15.5 Å². The molecule has 0 spiro atoms. The Morgan fingerprint density at radius 3 is 2.19 bits per heavy atom. The number of likely N-dealkylation sites (N-methyl/N-ethyl adjacent to an activating group) is 1. The lowest BCUT2D eigenvalue weighted by Crippen LogP contribution is -2.44. The summed E-state index contributed by atoms with van der Waals surface area (Å²) in [5.74, 6) is 2.73. The Balaban J connectivity index is 2.82. The molecule has 0 bridgehead atoms. The Morgan fingerprint density at radius 2 is 1.67 bits per heavy atom. The van der Waals surface area contributed by atoms with Gasteiger partial charge in [0, 0.05) is 31.1 Å². The summed E-state index contributed by atoms with van der Waals surface area (Å²) in [7, 11) is 4.19. The van der Waals surface area contributed by atoms with Crippen molar-refractivity contribution in [2.75, 3.05) is 37.8 Å². The van der Waals surface area contributed by atoms with Crippen LogP contribution in [0.5, 0.6) is 0 Å². The first-order chi connectivity index (χ1) is 9.89. The average Bonchev–Trinajstić information content (AvgIpc) is 2.43. The van der Waals surface area contributed by atoms with Crippen molar-refractivity contribution >= 4 is 11.6 Å². The Morgan fingerprint density at radius 1 is 1.05 bits per heavy atom. The number of aromatic nitrogens is 2. The zero-order chi connectivity index (χ0) is 15.9. The van der Waals surface area contributed by atoms with Gasteiger partial charge in [0.2, 0.25) is 0 Å². The molecule has 0 aliphatic heterocycles. The smallest absolute Gasteiger partial charge is 0.133 e. The topological polar surface area (TPSA) is 53.1 Å². The normalized spacial score (nSPS) is 11.8. The predicted octanol–water partition coefficient (Wildman–Crippen LogP) is 3.00. The van der Waals surface area contributed by atoms with Crippen molar-refractivity contribution in [3.8, 4) is 0 Å². The molecule has 0 saturated heterocycles. The molecule has 0 atom stereocenters. The summed E-state index contributed by atoms with van der Waals surface area (Å²) in [5, 5.41) is 6.80. The number of hydrogen-bond acceptors (Lipinski definition) is 5. The van der Waals surface area contributed by atoms with Crippen molar-refractivity contribution in [2.24, 2.45) is 0 Å². The first kappa shape index (κ1) is 17.7. The zero-order valence-corrected chi connectivity index (χ0v) is 14.5. The Kier molecular flexibility index (Phi) is 6.89. The molecule has 0 unspecified atom stereocenters. The molecule has 0 aliphatic carbocycles. The first-order valence-electron chi connectivity index (χ1n) is 7.92. The monoisotopic (exact) mass is 293 g/mol. The van der Waals surface area contributed by atoms with Gasteiger partial charge in [0.15, 0.2) is 0 Å². The van der Waals surface area contributed by atoms with Crippen LogP contribution < -0.4 is 10.6 Å². The Bertz CT molecular complexity index is 429. The van der Waals surface area contributed by atoms with E-state index in [-0.39, 0.29) is 5.54 Å². The van der Waals surface area contributed by atoms with E-state index < -0.39 is 0 Å². The molecular weight excluding hydrogens is 262 g/mol. The van der Waals surface area contributed by atoms with Crippen molar-refractivity contribution in [3.63, 3.8) is 0 Å². The van der Waals surface area contributed by atoms with Gasteiger partial charge in [0.05, 0.1) is 0 Å². The summed E-state index contributed by atoms with van der Waals surface area (Å²) >= 11 is 0. The van der Waals surface area contributed by atoms with Crippen LogP contribution in [0.4, 0.5) is 11.6 Å². The van der Waals surface area contributed by atoms with E-state index in [1.165, 1.54) is 0 Å². The minimum atomic E-state index is 0.0763. The second-order valence-electron chi connectivity index (χ2n) is 6.29. The third kappa shape index (κ3) is 5.87. The lowest BCUT2D eigenvalue weighted by Gasteiger charge is -2.32. The predicted molar refractivity (Wildman–Crippen MR) is 91.1 cm³/mol. The molecule has 0 amide bonds. The molecule has 0 aliphatic rings. The van der Waals surface area contributed by atoms with Crippen molar-refractivity contribution in [1.82, 2.24) is 14.9 Å². The molecule has 1 aromatic heterocycles. The van der Waals surface area contributed by atoms with E-state index in [0.29, 0.717) is 0 Å². The number of nitrogens with one attached hydrogen (secondary N) is 2. The van der Waals surface area contributed by atoms with Gasteiger partial charge in [-0.05, 0) is 40.8 Å². The van der Waals surface area contributed by atoms with Crippen molar-refractivity contribution in [2.45, 2.75) is 52.5 Å². The van der Waals surface area contributed by atoms with Crippen molar-refractivity contribution in [1.29, 1.82) is 0 Å². The van der Waals surface area contributed by atoms with E-state index >= 15 is 0 Å². The largest absolute Gasteiger partial charge is 0.370 e. The van der Waals surface area contributed by atoms with E-state index in [4.69, 9.17) is 0 Å². The highest BCUT2D eigenvalue weighted by molar-refractivity contribution is 5.47. The molecule has 0 fully saturated rings. The highest BCUT2D eigenvalue weighted by Crippen LogP contribution is 2.15. The fourth-order valence-corrected chi connectivity index (χ4v) is 1.73. The fourth-order valence-electron chi connectivity index (χ4n) is 1.73. The molecule has 2 N–H and O–H groups in total. The van der Waals surface area contributed by atoms with E-state index in [0.717, 1.165) is 49.8 Å². The van der Waals surface area contributed by atoms with Gasteiger partial charge in [-0.1, -0.05) is 13.8 Å². The molecule has 0 radical (unpaired) electrons. The van der Waals surface area contributed by atoms with Gasteiger partial charge in [-0.3, -0.25) is 0 Å². The zero-order valence-electron chi connectivity index (χ0n) is 14.5. The maximum atomic E-state index is 4.61. The minimum absolute atomic E-state index is 0.0763. The number of nitrogens with zero attached hydrogens (tertiary/aromatic N) is 3. The second kappa shape index (κ2) is 8.17. The number of hydrogen-bond donors (Lipinski definition) is 2. The van der Waals surface area contributed by atoms with Crippen LogP contribution in [0.25, 0.3) is 0 Å². The molecule has 120 valence electrons. The molecule has 0 aromatic carbocycles. The standard InChI is InChI=1S/C16H31N5/c1-7-9-13-19-14(17-10-8-2)11-15(20-13)18-12-16(3,4)21(5)6/h11H,7-10,12H2,1-6H3,(H2,17,18,19,20). The van der Waals surface area contributed by atoms with Crippen molar-refractivity contribution < 1.29 is 0 Å². The molecule has 1 aromatic rings. The number of aryl methyl sites for hydroxylation is 1. The molecular formula is C16H31N5. The van der Waals surface area contributed by atoms with Crippen molar-refractivity contribution in [3.05, 3.63) is 11.9 Å². The van der Waals surface area contributed by atoms with Crippen LogP contribution in [0, 0.1) is 0 Å². The van der Waals surface area contributed by atoms with E-state index in [9.17, 15) is 0 Å². The van der Waals surface area contributed by atoms with Crippen LogP contribution in [-0.2, 0) is 6.42 Å². The summed E-state index contributed by atoms with van der Waals surface area (Å²) in [6.07, 6.45) is 3.05. The van der Waals surface area contributed by atoms with Crippen LogP contribution in [0.2, 0.25) is 0 Å². The summed E-state index contributed by atoms with van der Waals surface area (Å²) in [4.78, 5) is 11.4. The van der Waals surface area contributed by atoms with Crippen LogP contribution in [0.3, 0.4) is 0 Å². The second-order valence-corrected chi connectivity index (χ2v) is 6.29. The number of rotatable bonds is 9. The van der Waals surface area contributed by atoms with Gasteiger partial charge in [-0.2, -0.15) is 0 Å². The molecule has 5 heteroatoms. The Hall–Kier alpha value is -1.36. The SMILES string of the molecule is CCCNc1cc(NCC(C)(C)N(C)C)nc(CCC)n1. The first-order valence-corrected chi connectivity index (χ1v) is 7.92. The third-order valence-corrected chi connectivity index (χ3v) is 3.71. The number of anilines is 2. The summed E-state index contributed by atoms with van der Waals surface area (Å²) < 4.78 is 0. The van der Waals surface area contributed by atoms with Gasteiger partial charge in [-0.25, -0.2) is 9.97 Å². The maximum Gasteiger partial charge on any atom is 0.133 e. The van der Waals surface area contributed by atoms with Gasteiger partial charge in [0.1, 0.15) is 17.5 Å². The van der Waals surface area contributed by atoms with Crippen LogP contribution >= 0.6 is 0 Å². The Labute approximate surface area is 129 Å². The highest BCUT2D eigenvalue weighted by Gasteiger charge is 2.20. The highest BCUT2D eigenvalue weighted by atomic mass is 15.2. The summed E-state index contributed by atoms with van der Waals surface area (Å²) in [6, 6.07) is 2.00. The van der Waals surface area contributed by atoms with E-state index in [1.807, 2.05) is 6.07 Å². The molecule has 21 heavy (non-hydrogen) atoms. The quantitative estimate of drug-likeness (QED) is 0.733. The maximum absolute atomic E-state index is 4.61. The molecule has 0 saturated carbocycles. The van der Waals surface area contributed by atoms with Gasteiger partial charge in [0.25, 0.3) is 0 Å². The van der Waals surface area contributed by atoms with Gasteiger partial charge >= 0.3 is 0 Å². The third-order valence-electron chi connectivity index (χ3n) is 3.71. The van der Waals surface area contributed by atoms with Crippen LogP contribution in [0.15, 0.2) is 6.07 Å². The lowest BCUT2D eigenvalue weighted by atomic mass is 10.0. The van der Waals surface area contributed by atoms with E-state index in [1.54, 1.807) is 0 Å². The molecule has 5 nitrogen and oxygen atoms in total. The van der Waals surface area contributed by atoms with Crippen LogP contribution in [0.1, 0.15) is 46.4 Å². The minimum Gasteiger partial charge on any atom is -0.370 e. The van der Waals surface area contributed by atoms with E-state index in [2.05, 4.69) is 67.3 Å². The fraction of sp³-hybridized carbons (Fsp3) is 0.750. The molecule has 1 rings (SSSR count). The summed E-state index contributed by atoms with van der Waals surface area (Å²) in [5.41, 5.74) is 0.0763. The van der Waals surface area contributed by atoms with Crippen LogP contribution in [-0.4, -0.2) is 47.6 Å². The van der Waals surface area contributed by atoms with Gasteiger partial charge in [-0.15, -0.1) is 0 Å².